The predicted octanol–water partition coefficient (Wildman–Crippen LogP) is 5.13. The molecule has 4 atom stereocenters. The Morgan fingerprint density at radius 1 is 0.775 bits per heavy atom. The van der Waals surface area contributed by atoms with Gasteiger partial charge in [-0.15, -0.1) is 0 Å². The van der Waals surface area contributed by atoms with Gasteiger partial charge in [0.15, 0.2) is 5.78 Å². The summed E-state index contributed by atoms with van der Waals surface area (Å²) < 4.78 is 10.8. The summed E-state index contributed by atoms with van der Waals surface area (Å²) in [6.07, 6.45) is 4.00. The van der Waals surface area contributed by atoms with Gasteiger partial charge in [-0.25, -0.2) is 4.90 Å². The standard InChI is InChI=1S/C33H26N2O5/c1-39-21-13-16-25(27(18-21)40-2)35-32(37)28-26-17-14-23-22-11-7-6-8-19(22)12-15-24(23)34(26)30(29(28)33(35)38)31(36)20-9-4-3-5-10-20/h3-18,26,28-30H,1-2H3/t26-,28-,29-,30+/m1/s1. The number of amides is 2. The van der Waals surface area contributed by atoms with Crippen LogP contribution in [-0.4, -0.2) is 43.9 Å². The zero-order valence-corrected chi connectivity index (χ0v) is 22.0. The van der Waals surface area contributed by atoms with Gasteiger partial charge in [0.2, 0.25) is 11.8 Å². The van der Waals surface area contributed by atoms with Crippen molar-refractivity contribution in [2.24, 2.45) is 11.8 Å². The number of rotatable bonds is 5. The molecule has 0 saturated carbocycles. The fourth-order valence-electron chi connectivity index (χ4n) is 6.61. The molecule has 198 valence electrons. The van der Waals surface area contributed by atoms with Crippen LogP contribution >= 0.6 is 0 Å². The highest BCUT2D eigenvalue weighted by atomic mass is 16.5. The maximum atomic E-state index is 14.2. The van der Waals surface area contributed by atoms with Crippen LogP contribution in [0.15, 0.2) is 91.0 Å². The Bertz CT molecular complexity index is 1730. The molecule has 0 aliphatic carbocycles. The summed E-state index contributed by atoms with van der Waals surface area (Å²) >= 11 is 0. The molecule has 0 spiro atoms. The molecule has 4 aromatic carbocycles. The van der Waals surface area contributed by atoms with Crippen molar-refractivity contribution in [3.05, 3.63) is 102 Å². The summed E-state index contributed by atoms with van der Waals surface area (Å²) in [5.41, 5.74) is 2.68. The van der Waals surface area contributed by atoms with Crippen LogP contribution in [0.1, 0.15) is 15.9 Å². The van der Waals surface area contributed by atoms with Gasteiger partial charge in [0, 0.05) is 22.9 Å². The van der Waals surface area contributed by atoms with E-state index in [9.17, 15) is 14.4 Å². The van der Waals surface area contributed by atoms with E-state index in [1.165, 1.54) is 19.1 Å². The van der Waals surface area contributed by atoms with Gasteiger partial charge in [-0.1, -0.05) is 72.8 Å². The summed E-state index contributed by atoms with van der Waals surface area (Å²) in [4.78, 5) is 45.8. The van der Waals surface area contributed by atoms with Crippen molar-refractivity contribution in [2.45, 2.75) is 12.1 Å². The van der Waals surface area contributed by atoms with E-state index in [-0.39, 0.29) is 11.7 Å². The van der Waals surface area contributed by atoms with Gasteiger partial charge in [-0.2, -0.15) is 0 Å². The van der Waals surface area contributed by atoms with Gasteiger partial charge < -0.3 is 14.4 Å². The first kappa shape index (κ1) is 24.2. The lowest BCUT2D eigenvalue weighted by molar-refractivity contribution is -0.122. The van der Waals surface area contributed by atoms with E-state index >= 15 is 0 Å². The molecule has 3 aliphatic heterocycles. The van der Waals surface area contributed by atoms with Crippen molar-refractivity contribution in [3.8, 4) is 11.5 Å². The van der Waals surface area contributed by atoms with Gasteiger partial charge in [0.1, 0.15) is 17.5 Å². The highest BCUT2D eigenvalue weighted by molar-refractivity contribution is 6.26. The van der Waals surface area contributed by atoms with Crippen molar-refractivity contribution in [2.75, 3.05) is 24.0 Å². The van der Waals surface area contributed by atoms with Crippen molar-refractivity contribution in [1.82, 2.24) is 0 Å². The molecule has 7 rings (SSSR count). The number of carbonyl (C=O) groups excluding carboxylic acids is 3. The molecule has 2 amide bonds. The number of nitrogens with zero attached hydrogens (tertiary/aromatic N) is 2. The maximum Gasteiger partial charge on any atom is 0.240 e. The lowest BCUT2D eigenvalue weighted by atomic mass is 9.86. The summed E-state index contributed by atoms with van der Waals surface area (Å²) in [5, 5.41) is 2.14. The monoisotopic (exact) mass is 530 g/mol. The van der Waals surface area contributed by atoms with E-state index in [0.29, 0.717) is 22.7 Å². The van der Waals surface area contributed by atoms with E-state index in [2.05, 4.69) is 6.07 Å². The molecule has 3 heterocycles. The van der Waals surface area contributed by atoms with E-state index in [1.54, 1.807) is 30.3 Å². The quantitative estimate of drug-likeness (QED) is 0.263. The summed E-state index contributed by atoms with van der Waals surface area (Å²) in [5.74, 6) is -1.63. The number of imide groups is 1. The topological polar surface area (TPSA) is 76.2 Å². The van der Waals surface area contributed by atoms with E-state index in [1.807, 2.05) is 65.6 Å². The van der Waals surface area contributed by atoms with Crippen molar-refractivity contribution < 1.29 is 23.9 Å². The van der Waals surface area contributed by atoms with E-state index in [0.717, 1.165) is 22.0 Å². The van der Waals surface area contributed by atoms with Crippen LogP contribution < -0.4 is 19.3 Å². The number of hydrogen-bond acceptors (Lipinski definition) is 6. The molecule has 4 aromatic rings. The average Bonchev–Trinajstić information content (AvgIpc) is 3.48. The second-order valence-corrected chi connectivity index (χ2v) is 10.3. The van der Waals surface area contributed by atoms with E-state index < -0.39 is 29.8 Å². The average molecular weight is 531 g/mol. The Morgan fingerprint density at radius 3 is 2.27 bits per heavy atom. The molecular formula is C33H26N2O5. The number of hydrogen-bond donors (Lipinski definition) is 0. The fourth-order valence-corrected chi connectivity index (χ4v) is 6.61. The molecule has 0 radical (unpaired) electrons. The Morgan fingerprint density at radius 2 is 1.50 bits per heavy atom. The maximum absolute atomic E-state index is 14.2. The number of anilines is 2. The third kappa shape index (κ3) is 3.33. The van der Waals surface area contributed by atoms with Crippen LogP contribution in [-0.2, 0) is 9.59 Å². The Balaban J connectivity index is 1.39. The van der Waals surface area contributed by atoms with Crippen molar-refractivity contribution in [3.63, 3.8) is 0 Å². The first-order chi connectivity index (χ1) is 19.5. The molecule has 0 aromatic heterocycles. The summed E-state index contributed by atoms with van der Waals surface area (Å²) in [7, 11) is 3.02. The minimum atomic E-state index is -0.862. The number of fused-ring (bicyclic) bond motifs is 7. The van der Waals surface area contributed by atoms with E-state index in [4.69, 9.17) is 9.47 Å². The Kier molecular flexibility index (Phi) is 5.49. The second-order valence-electron chi connectivity index (χ2n) is 10.3. The number of Topliss-reactive ketones (excluding diaryl/α,β-unsaturated/α-hetero) is 1. The molecule has 0 bridgehead atoms. The first-order valence-electron chi connectivity index (χ1n) is 13.2. The van der Waals surface area contributed by atoms with Crippen LogP contribution in [0, 0.1) is 11.8 Å². The largest absolute Gasteiger partial charge is 0.497 e. The molecular weight excluding hydrogens is 504 g/mol. The minimum Gasteiger partial charge on any atom is -0.497 e. The summed E-state index contributed by atoms with van der Waals surface area (Å²) in [6, 6.07) is 24.8. The highest BCUT2D eigenvalue weighted by Crippen LogP contribution is 2.51. The van der Waals surface area contributed by atoms with Gasteiger partial charge in [-0.05, 0) is 29.0 Å². The SMILES string of the molecule is COc1ccc(N2C(=O)[C@@H]3[C@H](C2=O)[C@H]2C=Cc4c(ccc5ccccc45)N2[C@@H]3C(=O)c2ccccc2)c(OC)c1. The van der Waals surface area contributed by atoms with Crippen LogP contribution in [0.3, 0.4) is 0 Å². The van der Waals surface area contributed by atoms with Gasteiger partial charge in [-0.3, -0.25) is 14.4 Å². The van der Waals surface area contributed by atoms with Gasteiger partial charge >= 0.3 is 0 Å². The summed E-state index contributed by atoms with van der Waals surface area (Å²) in [6.45, 7) is 0. The lowest BCUT2D eigenvalue weighted by Gasteiger charge is -2.37. The van der Waals surface area contributed by atoms with Crippen LogP contribution in [0.4, 0.5) is 11.4 Å². The number of benzene rings is 4. The highest BCUT2D eigenvalue weighted by Gasteiger charge is 2.64. The zero-order valence-electron chi connectivity index (χ0n) is 22.0. The number of ketones is 1. The Hall–Kier alpha value is -4.91. The van der Waals surface area contributed by atoms with Gasteiger partial charge in [0.05, 0.1) is 37.8 Å². The molecule has 7 heteroatoms. The number of ether oxygens (including phenoxy) is 2. The smallest absolute Gasteiger partial charge is 0.240 e. The minimum absolute atomic E-state index is 0.183. The van der Waals surface area contributed by atoms with Crippen molar-refractivity contribution in [1.29, 1.82) is 0 Å². The Labute approximate surface area is 231 Å². The molecule has 0 N–H and O–H groups in total. The van der Waals surface area contributed by atoms with Crippen LogP contribution in [0.25, 0.3) is 16.8 Å². The number of methoxy groups -OCH3 is 2. The van der Waals surface area contributed by atoms with Gasteiger partial charge in [0.25, 0.3) is 0 Å². The molecule has 0 unspecified atom stereocenters. The predicted molar refractivity (Wildman–Crippen MR) is 153 cm³/mol. The fraction of sp³-hybridized carbons (Fsp3) is 0.182. The normalized spacial score (nSPS) is 22.8. The first-order valence-corrected chi connectivity index (χ1v) is 13.2. The number of carbonyl (C=O) groups is 3. The molecule has 2 fully saturated rings. The third-order valence-corrected chi connectivity index (χ3v) is 8.37. The van der Waals surface area contributed by atoms with Crippen molar-refractivity contribution >= 4 is 45.8 Å². The zero-order chi connectivity index (χ0) is 27.5. The van der Waals surface area contributed by atoms with Crippen LogP contribution in [0.5, 0.6) is 11.5 Å². The molecule has 7 nitrogen and oxygen atoms in total. The molecule has 3 aliphatic rings. The van der Waals surface area contributed by atoms with Crippen LogP contribution in [0.2, 0.25) is 0 Å². The molecule has 2 saturated heterocycles. The molecule has 40 heavy (non-hydrogen) atoms. The second kappa shape index (κ2) is 9.09. The lowest BCUT2D eigenvalue weighted by Crippen LogP contribution is -2.48. The third-order valence-electron chi connectivity index (χ3n) is 8.37.